The number of nitriles is 1. The molecule has 1 amide bonds. The second-order valence-electron chi connectivity index (χ2n) is 11.9. The molecule has 2 saturated heterocycles. The first kappa shape index (κ1) is 27.4. The minimum Gasteiger partial charge on any atom is -0.495 e. The molecule has 0 atom stereocenters. The Kier molecular flexibility index (Phi) is 6.32. The predicted molar refractivity (Wildman–Crippen MR) is 149 cm³/mol. The lowest BCUT2D eigenvalue weighted by molar-refractivity contribution is -0.0453. The zero-order valence-electron chi connectivity index (χ0n) is 23.9. The lowest BCUT2D eigenvalue weighted by Crippen LogP contribution is -2.73. The standard InChI is InChI=1S/C29H30F2N8O3/c1-17-8-18(11-32)35-39(17)26-19(25(30)31)6-7-24(34-26)38-16-33-20-9-22(23(41-5)10-21(20)38)36-12-29(13-36)14-37(15-29)27(40)42-28(2,3)4/h6-10,16,25H,12-15H2,1-5H3. The van der Waals surface area contributed by atoms with Crippen LogP contribution in [0, 0.1) is 23.7 Å². The Morgan fingerprint density at radius 1 is 1.14 bits per heavy atom. The van der Waals surface area contributed by atoms with Crippen LogP contribution in [0.1, 0.15) is 44.1 Å². The number of hydrogen-bond acceptors (Lipinski definition) is 8. The molecule has 42 heavy (non-hydrogen) atoms. The summed E-state index contributed by atoms with van der Waals surface area (Å²) in [6.07, 6.45) is -1.49. The van der Waals surface area contributed by atoms with E-state index in [0.717, 1.165) is 18.8 Å². The van der Waals surface area contributed by atoms with E-state index in [1.165, 1.54) is 22.9 Å². The summed E-state index contributed by atoms with van der Waals surface area (Å²) in [5.41, 5.74) is 2.06. The van der Waals surface area contributed by atoms with Crippen LogP contribution < -0.4 is 9.64 Å². The molecular formula is C29H30F2N8O3. The zero-order valence-corrected chi connectivity index (χ0v) is 23.9. The van der Waals surface area contributed by atoms with Crippen LogP contribution in [-0.4, -0.2) is 74.2 Å². The monoisotopic (exact) mass is 576 g/mol. The maximum absolute atomic E-state index is 13.9. The maximum atomic E-state index is 13.9. The summed E-state index contributed by atoms with van der Waals surface area (Å²) in [5.74, 6) is 0.937. The Hall–Kier alpha value is -4.73. The molecule has 0 unspecified atom stereocenters. The van der Waals surface area contributed by atoms with Gasteiger partial charge in [-0.2, -0.15) is 10.4 Å². The molecule has 6 rings (SSSR count). The molecule has 1 aromatic carbocycles. The number of alkyl halides is 2. The van der Waals surface area contributed by atoms with Crippen LogP contribution in [0.25, 0.3) is 22.7 Å². The van der Waals surface area contributed by atoms with Crippen LogP contribution in [0.3, 0.4) is 0 Å². The molecule has 4 aromatic rings. The van der Waals surface area contributed by atoms with Crippen LogP contribution in [0.2, 0.25) is 0 Å². The van der Waals surface area contributed by atoms with E-state index >= 15 is 0 Å². The number of hydrogen-bond donors (Lipinski definition) is 0. The fourth-order valence-electron chi connectivity index (χ4n) is 5.64. The smallest absolute Gasteiger partial charge is 0.410 e. The van der Waals surface area contributed by atoms with Crippen LogP contribution in [0.15, 0.2) is 36.7 Å². The quantitative estimate of drug-likeness (QED) is 0.333. The number of pyridine rings is 1. The van der Waals surface area contributed by atoms with E-state index < -0.39 is 12.0 Å². The van der Waals surface area contributed by atoms with E-state index in [4.69, 9.17) is 9.47 Å². The van der Waals surface area contributed by atoms with Crippen molar-refractivity contribution in [3.63, 3.8) is 0 Å². The number of rotatable bonds is 5. The third kappa shape index (κ3) is 4.66. The summed E-state index contributed by atoms with van der Waals surface area (Å²) >= 11 is 0. The lowest BCUT2D eigenvalue weighted by atomic mass is 9.72. The fraction of sp³-hybridized carbons (Fsp3) is 0.414. The number of aryl methyl sites for hydroxylation is 1. The van der Waals surface area contributed by atoms with Crippen molar-refractivity contribution >= 4 is 22.8 Å². The van der Waals surface area contributed by atoms with Crippen molar-refractivity contribution in [2.75, 3.05) is 38.2 Å². The molecule has 0 N–H and O–H groups in total. The van der Waals surface area contributed by atoms with Gasteiger partial charge in [0.1, 0.15) is 29.6 Å². The molecule has 2 aliphatic rings. The summed E-state index contributed by atoms with van der Waals surface area (Å²) < 4.78 is 42.0. The molecule has 2 aliphatic heterocycles. The number of amides is 1. The Morgan fingerprint density at radius 3 is 2.50 bits per heavy atom. The van der Waals surface area contributed by atoms with Crippen molar-refractivity contribution in [1.82, 2.24) is 29.2 Å². The highest BCUT2D eigenvalue weighted by Gasteiger charge is 2.54. The number of methoxy groups -OCH3 is 1. The van der Waals surface area contributed by atoms with Gasteiger partial charge in [0, 0.05) is 43.4 Å². The number of halogens is 2. The van der Waals surface area contributed by atoms with Crippen LogP contribution >= 0.6 is 0 Å². The van der Waals surface area contributed by atoms with Crippen molar-refractivity contribution in [3.05, 3.63) is 53.6 Å². The van der Waals surface area contributed by atoms with Gasteiger partial charge in [0.05, 0.1) is 29.4 Å². The van der Waals surface area contributed by atoms with Crippen molar-refractivity contribution in [2.45, 2.75) is 39.7 Å². The summed E-state index contributed by atoms with van der Waals surface area (Å²) in [6.45, 7) is 10.1. The third-order valence-corrected chi connectivity index (χ3v) is 7.52. The molecule has 2 fully saturated rings. The Bertz CT molecular complexity index is 1740. The average molecular weight is 577 g/mol. The topological polar surface area (TPSA) is 114 Å². The lowest BCUT2D eigenvalue weighted by Gasteiger charge is -2.60. The summed E-state index contributed by atoms with van der Waals surface area (Å²) in [5, 5.41) is 13.4. The highest BCUT2D eigenvalue weighted by atomic mass is 19.3. The number of carbonyl (C=O) groups is 1. The summed E-state index contributed by atoms with van der Waals surface area (Å²) in [4.78, 5) is 25.4. The van der Waals surface area contributed by atoms with Crippen LogP contribution in [0.4, 0.5) is 19.3 Å². The fourth-order valence-corrected chi connectivity index (χ4v) is 5.64. The first-order valence-electron chi connectivity index (χ1n) is 13.4. The molecule has 0 aliphatic carbocycles. The largest absolute Gasteiger partial charge is 0.495 e. The number of likely N-dealkylation sites (tertiary alicyclic amines) is 1. The van der Waals surface area contributed by atoms with Gasteiger partial charge in [-0.15, -0.1) is 0 Å². The molecule has 3 aromatic heterocycles. The Morgan fingerprint density at radius 2 is 1.88 bits per heavy atom. The SMILES string of the molecule is COc1cc2c(cc1N1CC3(CN(C(=O)OC(C)(C)C)C3)C1)ncn2-c1ccc(C(F)F)c(-n2nc(C#N)cc2C)n1. The van der Waals surface area contributed by atoms with Gasteiger partial charge in [0.25, 0.3) is 6.43 Å². The molecular weight excluding hydrogens is 546 g/mol. The molecule has 11 nitrogen and oxygen atoms in total. The van der Waals surface area contributed by atoms with Gasteiger partial charge in [-0.3, -0.25) is 4.57 Å². The average Bonchev–Trinajstić information content (AvgIpc) is 3.47. The first-order valence-corrected chi connectivity index (χ1v) is 13.4. The number of anilines is 1. The van der Waals surface area contributed by atoms with E-state index in [9.17, 15) is 18.8 Å². The highest BCUT2D eigenvalue weighted by molar-refractivity contribution is 5.85. The number of nitrogens with zero attached hydrogens (tertiary/aromatic N) is 8. The van der Waals surface area contributed by atoms with Crippen molar-refractivity contribution in [2.24, 2.45) is 5.41 Å². The minimum atomic E-state index is -2.79. The van der Waals surface area contributed by atoms with Crippen molar-refractivity contribution in [1.29, 1.82) is 5.26 Å². The van der Waals surface area contributed by atoms with E-state index in [1.807, 2.05) is 39.0 Å². The zero-order chi connectivity index (χ0) is 30.0. The highest BCUT2D eigenvalue weighted by Crippen LogP contribution is 2.46. The number of aromatic nitrogens is 5. The maximum Gasteiger partial charge on any atom is 0.410 e. The molecule has 0 radical (unpaired) electrons. The van der Waals surface area contributed by atoms with Gasteiger partial charge >= 0.3 is 6.09 Å². The Labute approximate surface area is 240 Å². The van der Waals surface area contributed by atoms with Gasteiger partial charge in [-0.05, 0) is 52.0 Å². The third-order valence-electron chi connectivity index (χ3n) is 7.52. The second kappa shape index (κ2) is 9.68. The van der Waals surface area contributed by atoms with Gasteiger partial charge in [-0.1, -0.05) is 0 Å². The molecule has 13 heteroatoms. The van der Waals surface area contributed by atoms with Gasteiger partial charge in [-0.25, -0.2) is 28.2 Å². The first-order chi connectivity index (χ1) is 19.9. The molecule has 0 saturated carbocycles. The Balaban J connectivity index is 1.27. The molecule has 218 valence electrons. The van der Waals surface area contributed by atoms with Crippen molar-refractivity contribution < 1.29 is 23.0 Å². The molecule has 1 spiro atoms. The second-order valence-corrected chi connectivity index (χ2v) is 11.9. The van der Waals surface area contributed by atoms with Crippen LogP contribution in [-0.2, 0) is 4.74 Å². The van der Waals surface area contributed by atoms with Gasteiger partial charge in [0.15, 0.2) is 11.5 Å². The predicted octanol–water partition coefficient (Wildman–Crippen LogP) is 4.79. The number of carbonyl (C=O) groups excluding carboxylic acids is 1. The molecule has 5 heterocycles. The molecule has 0 bridgehead atoms. The van der Waals surface area contributed by atoms with Crippen LogP contribution in [0.5, 0.6) is 5.75 Å². The van der Waals surface area contributed by atoms with E-state index in [0.29, 0.717) is 41.4 Å². The van der Waals surface area contributed by atoms with Gasteiger partial charge in [0.2, 0.25) is 0 Å². The van der Waals surface area contributed by atoms with E-state index in [-0.39, 0.29) is 28.6 Å². The van der Waals surface area contributed by atoms with Crippen molar-refractivity contribution in [3.8, 4) is 23.5 Å². The van der Waals surface area contributed by atoms with E-state index in [2.05, 4.69) is 20.0 Å². The minimum absolute atomic E-state index is 0.0268. The number of ether oxygens (including phenoxy) is 2. The summed E-state index contributed by atoms with van der Waals surface area (Å²) in [6, 6.07) is 10.1. The number of benzene rings is 1. The normalized spacial score (nSPS) is 16.0. The summed E-state index contributed by atoms with van der Waals surface area (Å²) in [7, 11) is 1.59. The van der Waals surface area contributed by atoms with Gasteiger partial charge < -0.3 is 19.3 Å². The number of fused-ring (bicyclic) bond motifs is 1. The van der Waals surface area contributed by atoms with E-state index in [1.54, 1.807) is 29.8 Å². The number of imidazole rings is 1.